The molecular weight excluding hydrogens is 321 g/mol. The number of aryl methyl sites for hydroxylation is 2. The van der Waals surface area contributed by atoms with Gasteiger partial charge < -0.3 is 0 Å². The Bertz CT molecular complexity index is 613. The van der Waals surface area contributed by atoms with Crippen LogP contribution in [0.4, 0.5) is 4.39 Å². The second kappa shape index (κ2) is 11.7. The molecule has 0 N–H and O–H groups in total. The number of rotatable bonds is 9. The number of nitriles is 1. The van der Waals surface area contributed by atoms with Crippen LogP contribution in [-0.4, -0.2) is 0 Å². The van der Waals surface area contributed by atoms with Crippen LogP contribution >= 0.6 is 0 Å². The van der Waals surface area contributed by atoms with Gasteiger partial charge in [0.2, 0.25) is 0 Å². The molecule has 0 amide bonds. The maximum atomic E-state index is 12.7. The Hall–Kier alpha value is -1.88. The van der Waals surface area contributed by atoms with Gasteiger partial charge in [-0.2, -0.15) is 9.65 Å². The molecule has 0 radical (unpaired) electrons. The van der Waals surface area contributed by atoms with E-state index in [0.29, 0.717) is 0 Å². The molecule has 1 aliphatic rings. The van der Waals surface area contributed by atoms with Gasteiger partial charge in [0.1, 0.15) is 6.07 Å². The second-order valence-corrected chi connectivity index (χ2v) is 7.62. The van der Waals surface area contributed by atoms with Crippen LogP contribution in [-0.2, 0) is 12.8 Å². The van der Waals surface area contributed by atoms with Crippen molar-refractivity contribution >= 4 is 0 Å². The highest BCUT2D eigenvalue weighted by Crippen LogP contribution is 2.34. The number of benzene rings is 1. The van der Waals surface area contributed by atoms with Crippen LogP contribution in [0, 0.1) is 23.2 Å². The van der Waals surface area contributed by atoms with Gasteiger partial charge in [-0.15, -0.1) is 0 Å². The first-order chi connectivity index (χ1) is 12.7. The van der Waals surface area contributed by atoms with Gasteiger partial charge in [-0.1, -0.05) is 75.4 Å². The van der Waals surface area contributed by atoms with Gasteiger partial charge in [0, 0.05) is 0 Å². The molecule has 2 heteroatoms. The topological polar surface area (TPSA) is 23.8 Å². The zero-order chi connectivity index (χ0) is 18.6. The summed E-state index contributed by atoms with van der Waals surface area (Å²) in [6.45, 7) is 2.23. The normalized spacial score (nSPS) is 21.0. The molecule has 0 atom stereocenters. The molecule has 1 nitrogen and oxygen atoms in total. The zero-order valence-electron chi connectivity index (χ0n) is 16.1. The quantitative estimate of drug-likeness (QED) is 0.343. The fourth-order valence-electron chi connectivity index (χ4n) is 3.96. The standard InChI is InChI=1S/C24H32FN/c1-2-6-20-9-13-22(14-10-20)17-18-23-15-11-21(12-16-23)7-4-3-5-8-24(25)19-26/h3,5,8-10,13-14,21,23H,2,4,6-7,11-12,15-18H2,1H3/t21-,23-. The van der Waals surface area contributed by atoms with E-state index in [2.05, 4.69) is 31.2 Å². The molecule has 0 bridgehead atoms. The third-order valence-electron chi connectivity index (χ3n) is 5.60. The third kappa shape index (κ3) is 7.56. The highest BCUT2D eigenvalue weighted by Gasteiger charge is 2.20. The minimum Gasteiger partial charge on any atom is -0.195 e. The lowest BCUT2D eigenvalue weighted by atomic mass is 9.78. The predicted molar refractivity (Wildman–Crippen MR) is 107 cm³/mol. The van der Waals surface area contributed by atoms with E-state index in [-0.39, 0.29) is 0 Å². The van der Waals surface area contributed by atoms with E-state index in [1.807, 2.05) is 6.08 Å². The highest BCUT2D eigenvalue weighted by atomic mass is 19.1. The van der Waals surface area contributed by atoms with Crippen LogP contribution < -0.4 is 0 Å². The zero-order valence-corrected chi connectivity index (χ0v) is 16.1. The van der Waals surface area contributed by atoms with E-state index in [9.17, 15) is 4.39 Å². The van der Waals surface area contributed by atoms with Gasteiger partial charge in [-0.25, -0.2) is 0 Å². The number of allylic oxidation sites excluding steroid dienone is 4. The average Bonchev–Trinajstić information content (AvgIpc) is 2.68. The van der Waals surface area contributed by atoms with Crippen molar-refractivity contribution in [1.29, 1.82) is 5.26 Å². The molecule has 26 heavy (non-hydrogen) atoms. The maximum absolute atomic E-state index is 12.7. The van der Waals surface area contributed by atoms with Crippen LogP contribution in [0.15, 0.2) is 48.3 Å². The summed E-state index contributed by atoms with van der Waals surface area (Å²) < 4.78 is 12.7. The number of hydrogen-bond acceptors (Lipinski definition) is 1. The van der Waals surface area contributed by atoms with Gasteiger partial charge >= 0.3 is 0 Å². The first-order valence-electron chi connectivity index (χ1n) is 10.2. The van der Waals surface area contributed by atoms with Crippen molar-refractivity contribution in [3.63, 3.8) is 0 Å². The Kier molecular flexibility index (Phi) is 9.18. The van der Waals surface area contributed by atoms with Gasteiger partial charge in [-0.05, 0) is 61.1 Å². The fraction of sp³-hybridized carbons (Fsp3) is 0.542. The first kappa shape index (κ1) is 20.4. The molecule has 1 aromatic carbocycles. The van der Waals surface area contributed by atoms with Crippen molar-refractivity contribution in [3.05, 3.63) is 59.4 Å². The summed E-state index contributed by atoms with van der Waals surface area (Å²) in [5.74, 6) is 0.973. The lowest BCUT2D eigenvalue weighted by molar-refractivity contribution is 0.254. The molecular formula is C24H32FN. The van der Waals surface area contributed by atoms with Crippen LogP contribution in [0.25, 0.3) is 0 Å². The third-order valence-corrected chi connectivity index (χ3v) is 5.60. The largest absolute Gasteiger partial charge is 0.199 e. The van der Waals surface area contributed by atoms with Crippen LogP contribution in [0.2, 0.25) is 0 Å². The molecule has 1 fully saturated rings. The van der Waals surface area contributed by atoms with E-state index >= 15 is 0 Å². The van der Waals surface area contributed by atoms with Crippen LogP contribution in [0.3, 0.4) is 0 Å². The van der Waals surface area contributed by atoms with Gasteiger partial charge in [-0.3, -0.25) is 0 Å². The molecule has 0 heterocycles. The fourth-order valence-corrected chi connectivity index (χ4v) is 3.96. The van der Waals surface area contributed by atoms with E-state index in [4.69, 9.17) is 5.26 Å². The summed E-state index contributed by atoms with van der Waals surface area (Å²) in [5.41, 5.74) is 2.94. The maximum Gasteiger partial charge on any atom is 0.199 e. The Balaban J connectivity index is 1.62. The highest BCUT2D eigenvalue weighted by molar-refractivity contribution is 5.22. The molecule has 140 valence electrons. The lowest BCUT2D eigenvalue weighted by Crippen LogP contribution is -2.15. The molecule has 1 aromatic rings. The Labute approximate surface area is 158 Å². The van der Waals surface area contributed by atoms with E-state index < -0.39 is 5.83 Å². The smallest absolute Gasteiger partial charge is 0.195 e. The van der Waals surface area contributed by atoms with E-state index in [1.54, 1.807) is 6.08 Å². The summed E-state index contributed by atoms with van der Waals surface area (Å²) in [6.07, 6.45) is 17.3. The molecule has 0 aromatic heterocycles. The summed E-state index contributed by atoms with van der Waals surface area (Å²) in [7, 11) is 0. The van der Waals surface area contributed by atoms with Crippen LogP contribution in [0.1, 0.15) is 69.4 Å². The number of nitrogens with zero attached hydrogens (tertiary/aromatic N) is 1. The molecule has 1 aliphatic carbocycles. The minimum atomic E-state index is -0.721. The average molecular weight is 354 g/mol. The Morgan fingerprint density at radius 3 is 2.19 bits per heavy atom. The lowest BCUT2D eigenvalue weighted by Gasteiger charge is -2.28. The van der Waals surface area contributed by atoms with Crippen LogP contribution in [0.5, 0.6) is 0 Å². The number of hydrogen-bond donors (Lipinski definition) is 0. The van der Waals surface area contributed by atoms with Crippen molar-refractivity contribution in [3.8, 4) is 6.07 Å². The minimum absolute atomic E-state index is 0.721. The molecule has 1 saturated carbocycles. The van der Waals surface area contributed by atoms with E-state index in [1.165, 1.54) is 81.1 Å². The van der Waals surface area contributed by atoms with Crippen molar-refractivity contribution in [1.82, 2.24) is 0 Å². The number of halogens is 1. The monoisotopic (exact) mass is 353 g/mol. The predicted octanol–water partition coefficient (Wildman–Crippen LogP) is 7.09. The van der Waals surface area contributed by atoms with Gasteiger partial charge in [0.25, 0.3) is 0 Å². The summed E-state index contributed by atoms with van der Waals surface area (Å²) >= 11 is 0. The van der Waals surface area contributed by atoms with E-state index in [0.717, 1.165) is 18.3 Å². The van der Waals surface area contributed by atoms with Crippen molar-refractivity contribution < 1.29 is 4.39 Å². The SMILES string of the molecule is CCCc1ccc(CC[C@H]2CC[C@H](CCC=CC=C(F)C#N)CC2)cc1. The molecule has 0 aliphatic heterocycles. The van der Waals surface area contributed by atoms with Crippen molar-refractivity contribution in [2.24, 2.45) is 11.8 Å². The van der Waals surface area contributed by atoms with Crippen molar-refractivity contribution in [2.75, 3.05) is 0 Å². The molecule has 0 unspecified atom stereocenters. The first-order valence-corrected chi connectivity index (χ1v) is 10.2. The summed E-state index contributed by atoms with van der Waals surface area (Å²) in [4.78, 5) is 0. The molecule has 2 rings (SSSR count). The molecule has 0 saturated heterocycles. The summed E-state index contributed by atoms with van der Waals surface area (Å²) in [5, 5.41) is 8.34. The van der Waals surface area contributed by atoms with Gasteiger partial charge in [0.05, 0.1) is 0 Å². The summed E-state index contributed by atoms with van der Waals surface area (Å²) in [6, 6.07) is 10.7. The Morgan fingerprint density at radius 1 is 1.04 bits per heavy atom. The Morgan fingerprint density at radius 2 is 1.62 bits per heavy atom. The van der Waals surface area contributed by atoms with Gasteiger partial charge in [0.15, 0.2) is 5.83 Å². The van der Waals surface area contributed by atoms with Crippen molar-refractivity contribution in [2.45, 2.75) is 71.1 Å². The molecule has 0 spiro atoms. The second-order valence-electron chi connectivity index (χ2n) is 7.62.